The Kier molecular flexibility index (Phi) is 17.7. The minimum absolute atomic E-state index is 0.00102. The van der Waals surface area contributed by atoms with Crippen molar-refractivity contribution in [3.8, 4) is 0 Å². The zero-order chi connectivity index (χ0) is 42.4. The summed E-state index contributed by atoms with van der Waals surface area (Å²) < 4.78 is 21.5. The van der Waals surface area contributed by atoms with Crippen LogP contribution >= 0.6 is 0 Å². The lowest BCUT2D eigenvalue weighted by Crippen LogP contribution is -2.62. The van der Waals surface area contributed by atoms with Gasteiger partial charge >= 0.3 is 12.1 Å². The number of esters is 1. The van der Waals surface area contributed by atoms with E-state index in [1.54, 1.807) is 60.6 Å². The molecule has 0 aromatic heterocycles. The molecular formula is C38H61N7O12. The molecule has 3 aliphatic rings. The lowest BCUT2D eigenvalue weighted by atomic mass is 9.99. The van der Waals surface area contributed by atoms with E-state index in [0.717, 1.165) is 0 Å². The van der Waals surface area contributed by atoms with Gasteiger partial charge in [0, 0.05) is 13.1 Å². The van der Waals surface area contributed by atoms with Gasteiger partial charge in [-0.25, -0.2) is 4.79 Å². The molecule has 3 rings (SSSR count). The molecule has 3 heterocycles. The van der Waals surface area contributed by atoms with Crippen molar-refractivity contribution < 1.29 is 57.3 Å². The fourth-order valence-electron chi connectivity index (χ4n) is 6.52. The summed E-state index contributed by atoms with van der Waals surface area (Å²) >= 11 is 0. The van der Waals surface area contributed by atoms with E-state index in [1.807, 2.05) is 0 Å². The highest BCUT2D eigenvalue weighted by Gasteiger charge is 2.44. The van der Waals surface area contributed by atoms with Crippen LogP contribution in [0.3, 0.4) is 0 Å². The minimum atomic E-state index is -1.29. The predicted octanol–water partition coefficient (Wildman–Crippen LogP) is -0.480. The first-order valence-corrected chi connectivity index (χ1v) is 19.5. The maximum Gasteiger partial charge on any atom is 0.410 e. The van der Waals surface area contributed by atoms with Gasteiger partial charge in [-0.2, -0.15) is 0 Å². The van der Waals surface area contributed by atoms with Crippen molar-refractivity contribution in [1.82, 2.24) is 36.4 Å². The zero-order valence-corrected chi connectivity index (χ0v) is 34.3. The number of amides is 7. The second-order valence-electron chi connectivity index (χ2n) is 15.9. The van der Waals surface area contributed by atoms with E-state index in [0.29, 0.717) is 32.2 Å². The van der Waals surface area contributed by atoms with Crippen LogP contribution in [0.15, 0.2) is 12.2 Å². The van der Waals surface area contributed by atoms with E-state index < -0.39 is 102 Å². The Bertz CT molecular complexity index is 1500. The van der Waals surface area contributed by atoms with E-state index in [2.05, 4.69) is 31.3 Å². The molecule has 320 valence electrons. The molecule has 57 heavy (non-hydrogen) atoms. The molecule has 0 unspecified atom stereocenters. The van der Waals surface area contributed by atoms with E-state index in [1.165, 1.54) is 16.9 Å². The van der Waals surface area contributed by atoms with Gasteiger partial charge < -0.3 is 50.4 Å². The number of carbonyl (C=O) groups is 8. The summed E-state index contributed by atoms with van der Waals surface area (Å²) in [4.78, 5) is 109. The number of nitrogens with zero attached hydrogens (tertiary/aromatic N) is 2. The minimum Gasteiger partial charge on any atom is -0.468 e. The van der Waals surface area contributed by atoms with Gasteiger partial charge in [-0.05, 0) is 58.3 Å². The van der Waals surface area contributed by atoms with Gasteiger partial charge in [-0.15, -0.1) is 0 Å². The predicted molar refractivity (Wildman–Crippen MR) is 204 cm³/mol. The highest BCUT2D eigenvalue weighted by Crippen LogP contribution is 2.26. The SMILES string of the molecule is COC(=O)CNC(=O)[C@@H]1COC/C=C/COC[C@H](NC(=O)[C@@H]2CCCN2C(=O)[C@@H]2CCCN2C(=O)OC(C)(C)C)C(=O)N[C@@H](C(C)C)C(=O)N[C@@H](C(C)C)C(=O)N1. The van der Waals surface area contributed by atoms with E-state index in [-0.39, 0.29) is 38.9 Å². The molecule has 0 aromatic rings. The van der Waals surface area contributed by atoms with Crippen LogP contribution < -0.4 is 26.6 Å². The molecule has 19 nitrogen and oxygen atoms in total. The molecular weight excluding hydrogens is 746 g/mol. The molecule has 3 aliphatic heterocycles. The molecule has 0 saturated carbocycles. The van der Waals surface area contributed by atoms with Gasteiger partial charge in [0.2, 0.25) is 35.4 Å². The third-order valence-corrected chi connectivity index (χ3v) is 9.56. The number of hydrogen-bond acceptors (Lipinski definition) is 12. The second-order valence-corrected chi connectivity index (χ2v) is 15.9. The molecule has 0 aromatic carbocycles. The standard InChI is InChI=1S/C38H61N7O12/c1-22(2)29-34(50)41-24(31(47)39-19-28(46)54-8)20-55-17-9-10-18-56-21-25(32(48)42-30(23(3)4)35(51)43-29)40-33(49)26-13-11-15-44(26)36(52)27-14-12-16-45(27)37(53)57-38(5,6)7/h9-10,22-27,29-30H,11-21H2,1-8H3,(H,39,47)(H,40,49)(H,41,50)(H,42,48)(H,43,51)/b10-9+/t24-,25-,26-,27-,29-,30-/m0/s1. The van der Waals surface area contributed by atoms with Gasteiger partial charge in [0.15, 0.2) is 0 Å². The number of nitrogens with one attached hydrogen (secondary N) is 5. The second kappa shape index (κ2) is 21.7. The largest absolute Gasteiger partial charge is 0.468 e. The first-order chi connectivity index (χ1) is 26.8. The lowest BCUT2D eigenvalue weighted by molar-refractivity contribution is -0.143. The van der Waals surface area contributed by atoms with Crippen molar-refractivity contribution in [1.29, 1.82) is 0 Å². The monoisotopic (exact) mass is 807 g/mol. The van der Waals surface area contributed by atoms with E-state index in [4.69, 9.17) is 14.2 Å². The molecule has 2 fully saturated rings. The molecule has 7 amide bonds. The Morgan fingerprint density at radius 1 is 0.789 bits per heavy atom. The summed E-state index contributed by atoms with van der Waals surface area (Å²) in [6, 6.07) is -6.55. The Morgan fingerprint density at radius 3 is 1.91 bits per heavy atom. The van der Waals surface area contributed by atoms with Crippen molar-refractivity contribution in [2.75, 3.05) is 53.2 Å². The Hall–Kier alpha value is -4.78. The average molecular weight is 808 g/mol. The van der Waals surface area contributed by atoms with Crippen molar-refractivity contribution in [2.24, 2.45) is 11.8 Å². The zero-order valence-electron chi connectivity index (χ0n) is 34.3. The molecule has 0 spiro atoms. The fourth-order valence-corrected chi connectivity index (χ4v) is 6.52. The van der Waals surface area contributed by atoms with Gasteiger partial charge in [0.25, 0.3) is 0 Å². The quantitative estimate of drug-likeness (QED) is 0.154. The highest BCUT2D eigenvalue weighted by molar-refractivity contribution is 5.97. The number of methoxy groups -OCH3 is 1. The molecule has 2 saturated heterocycles. The first-order valence-electron chi connectivity index (χ1n) is 19.5. The summed E-state index contributed by atoms with van der Waals surface area (Å²) in [6.45, 7) is 11.6. The van der Waals surface area contributed by atoms with E-state index in [9.17, 15) is 38.4 Å². The highest BCUT2D eigenvalue weighted by atomic mass is 16.6. The summed E-state index contributed by atoms with van der Waals surface area (Å²) in [5, 5.41) is 13.1. The molecule has 5 N–H and O–H groups in total. The Balaban J connectivity index is 1.81. The molecule has 19 heteroatoms. The van der Waals surface area contributed by atoms with Gasteiger partial charge in [-0.1, -0.05) is 39.8 Å². The first kappa shape index (κ1) is 46.6. The normalized spacial score (nSPS) is 26.4. The summed E-state index contributed by atoms with van der Waals surface area (Å²) in [7, 11) is 1.17. The third kappa shape index (κ3) is 14.0. The van der Waals surface area contributed by atoms with Crippen LogP contribution in [0.4, 0.5) is 4.79 Å². The number of likely N-dealkylation sites (tertiary alicyclic amines) is 2. The number of hydrogen-bond donors (Lipinski definition) is 5. The maximum atomic E-state index is 13.9. The van der Waals surface area contributed by atoms with Crippen molar-refractivity contribution in [3.05, 3.63) is 12.2 Å². The van der Waals surface area contributed by atoms with Gasteiger partial charge in [0.05, 0.1) is 33.5 Å². The average Bonchev–Trinajstić information content (AvgIpc) is 3.84. The number of rotatable bonds is 8. The van der Waals surface area contributed by atoms with Crippen LogP contribution in [0, 0.1) is 11.8 Å². The van der Waals surface area contributed by atoms with Gasteiger partial charge in [-0.3, -0.25) is 38.5 Å². The van der Waals surface area contributed by atoms with Crippen molar-refractivity contribution >= 4 is 47.5 Å². The maximum absolute atomic E-state index is 13.9. The lowest BCUT2D eigenvalue weighted by Gasteiger charge is -2.33. The van der Waals surface area contributed by atoms with Crippen LogP contribution in [0.1, 0.15) is 74.1 Å². The third-order valence-electron chi connectivity index (χ3n) is 9.56. The van der Waals surface area contributed by atoms with Gasteiger partial charge in [0.1, 0.15) is 48.4 Å². The number of carbonyl (C=O) groups excluding carboxylic acids is 8. The molecule has 0 bridgehead atoms. The smallest absolute Gasteiger partial charge is 0.410 e. The summed E-state index contributed by atoms with van der Waals surface area (Å²) in [5.41, 5.74) is -0.754. The van der Waals surface area contributed by atoms with Crippen LogP contribution in [-0.2, 0) is 52.5 Å². The van der Waals surface area contributed by atoms with Crippen molar-refractivity contribution in [3.63, 3.8) is 0 Å². The molecule has 0 radical (unpaired) electrons. The Morgan fingerprint density at radius 2 is 1.33 bits per heavy atom. The topological polar surface area (TPSA) is 240 Å². The van der Waals surface area contributed by atoms with Crippen LogP contribution in [0.5, 0.6) is 0 Å². The van der Waals surface area contributed by atoms with Crippen LogP contribution in [0.25, 0.3) is 0 Å². The summed E-state index contributed by atoms with van der Waals surface area (Å²) in [5.74, 6) is -5.45. The Labute approximate surface area is 334 Å². The molecule has 6 atom stereocenters. The summed E-state index contributed by atoms with van der Waals surface area (Å²) in [6.07, 6.45) is 4.48. The molecule has 0 aliphatic carbocycles. The van der Waals surface area contributed by atoms with E-state index >= 15 is 0 Å². The van der Waals surface area contributed by atoms with Crippen LogP contribution in [0.2, 0.25) is 0 Å². The van der Waals surface area contributed by atoms with Crippen molar-refractivity contribution in [2.45, 2.75) is 116 Å². The van der Waals surface area contributed by atoms with Crippen LogP contribution in [-0.4, -0.2) is 152 Å². The number of ether oxygens (including phenoxy) is 4. The fraction of sp³-hybridized carbons (Fsp3) is 0.737.